The van der Waals surface area contributed by atoms with Gasteiger partial charge in [0.1, 0.15) is 0 Å². The zero-order valence-corrected chi connectivity index (χ0v) is 10.4. The van der Waals surface area contributed by atoms with Crippen molar-refractivity contribution >= 4 is 24.7 Å². The maximum Gasteiger partial charge on any atom is 0.381 e. The standard InChI is InChI=1S/C7H11N4O6P/c1-3(2)17-5-4(11(12)13)6(18(14,15)16)10-7(8)9-5/h3H,1-2H3,(H2,8,9,10)(H2,14,15,16). The average Bonchev–Trinajstić information content (AvgIpc) is 2.13. The fourth-order valence-corrected chi connectivity index (χ4v) is 1.79. The fourth-order valence-electron chi connectivity index (χ4n) is 1.11. The van der Waals surface area contributed by atoms with Crippen LogP contribution in [0.3, 0.4) is 0 Å². The molecule has 11 heteroatoms. The van der Waals surface area contributed by atoms with Crippen molar-refractivity contribution < 1.29 is 24.0 Å². The van der Waals surface area contributed by atoms with E-state index in [0.717, 1.165) is 0 Å². The molecule has 0 spiro atoms. The summed E-state index contributed by atoms with van der Waals surface area (Å²) in [7, 11) is -4.96. The summed E-state index contributed by atoms with van der Waals surface area (Å²) in [6.45, 7) is 3.14. The topological polar surface area (TPSA) is 162 Å². The van der Waals surface area contributed by atoms with Gasteiger partial charge < -0.3 is 20.3 Å². The maximum atomic E-state index is 11.1. The number of rotatable bonds is 4. The minimum absolute atomic E-state index is 0.484. The highest BCUT2D eigenvalue weighted by atomic mass is 31.2. The number of ether oxygens (including phenoxy) is 1. The molecule has 0 aliphatic heterocycles. The van der Waals surface area contributed by atoms with Crippen LogP contribution >= 0.6 is 7.60 Å². The third-order valence-corrected chi connectivity index (χ3v) is 2.52. The van der Waals surface area contributed by atoms with Crippen molar-refractivity contribution in [1.29, 1.82) is 0 Å². The first-order valence-electron chi connectivity index (χ1n) is 4.67. The van der Waals surface area contributed by atoms with E-state index < -0.39 is 41.6 Å². The summed E-state index contributed by atoms with van der Waals surface area (Å²) in [4.78, 5) is 34.5. The van der Waals surface area contributed by atoms with Gasteiger partial charge in [-0.1, -0.05) is 0 Å². The zero-order chi connectivity index (χ0) is 14.1. The molecule has 10 nitrogen and oxygen atoms in total. The van der Waals surface area contributed by atoms with Crippen LogP contribution < -0.4 is 15.9 Å². The molecule has 1 aromatic heterocycles. The summed E-state index contributed by atoms with van der Waals surface area (Å²) in [5.41, 5.74) is 3.19. The van der Waals surface area contributed by atoms with Gasteiger partial charge in [-0.3, -0.25) is 14.7 Å². The molecule has 100 valence electrons. The number of hydrogen-bond acceptors (Lipinski definition) is 7. The van der Waals surface area contributed by atoms with Gasteiger partial charge in [-0.15, -0.1) is 0 Å². The Morgan fingerprint density at radius 3 is 2.39 bits per heavy atom. The molecule has 0 amide bonds. The summed E-state index contributed by atoms with van der Waals surface area (Å²) in [5, 5.41) is 10.8. The van der Waals surface area contributed by atoms with Crippen LogP contribution in [-0.4, -0.2) is 30.8 Å². The van der Waals surface area contributed by atoms with E-state index in [1.807, 2.05) is 0 Å². The van der Waals surface area contributed by atoms with Crippen LogP contribution in [0.2, 0.25) is 0 Å². The van der Waals surface area contributed by atoms with E-state index in [1.54, 1.807) is 13.8 Å². The average molecular weight is 278 g/mol. The van der Waals surface area contributed by atoms with E-state index in [4.69, 9.17) is 20.3 Å². The molecule has 0 atom stereocenters. The summed E-state index contributed by atoms with van der Waals surface area (Å²) in [5.74, 6) is -1.09. The first-order valence-corrected chi connectivity index (χ1v) is 6.28. The molecule has 0 aliphatic carbocycles. The van der Waals surface area contributed by atoms with Crippen LogP contribution in [0.4, 0.5) is 11.6 Å². The first kappa shape index (κ1) is 14.3. The smallest absolute Gasteiger partial charge is 0.381 e. The summed E-state index contributed by atoms with van der Waals surface area (Å²) < 4.78 is 16.1. The second-order valence-corrected chi connectivity index (χ2v) is 5.04. The third-order valence-electron chi connectivity index (χ3n) is 1.66. The van der Waals surface area contributed by atoms with Crippen molar-refractivity contribution in [2.75, 3.05) is 5.73 Å². The lowest BCUT2D eigenvalue weighted by Gasteiger charge is -2.11. The third kappa shape index (κ3) is 3.13. The van der Waals surface area contributed by atoms with E-state index in [9.17, 15) is 14.7 Å². The number of nitro groups is 1. The predicted octanol–water partition coefficient (Wildman–Crippen LogP) is -0.443. The molecule has 0 aliphatic rings. The lowest BCUT2D eigenvalue weighted by molar-refractivity contribution is -0.385. The summed E-state index contributed by atoms with van der Waals surface area (Å²) >= 11 is 0. The molecule has 0 fully saturated rings. The van der Waals surface area contributed by atoms with Crippen molar-refractivity contribution in [3.63, 3.8) is 0 Å². The molecule has 18 heavy (non-hydrogen) atoms. The van der Waals surface area contributed by atoms with Crippen LogP contribution in [-0.2, 0) is 4.57 Å². The second-order valence-electron chi connectivity index (χ2n) is 3.53. The van der Waals surface area contributed by atoms with E-state index in [0.29, 0.717) is 0 Å². The van der Waals surface area contributed by atoms with Gasteiger partial charge >= 0.3 is 19.2 Å². The number of nitrogen functional groups attached to an aromatic ring is 1. The number of anilines is 1. The molecule has 1 rings (SSSR count). The molecular formula is C7H11N4O6P. The van der Waals surface area contributed by atoms with Gasteiger partial charge in [-0.25, -0.2) is 0 Å². The lowest BCUT2D eigenvalue weighted by Crippen LogP contribution is -2.21. The van der Waals surface area contributed by atoms with E-state index in [1.165, 1.54) is 0 Å². The summed E-state index contributed by atoms with van der Waals surface area (Å²) in [6, 6.07) is 0. The van der Waals surface area contributed by atoms with Crippen LogP contribution in [0.1, 0.15) is 13.8 Å². The minimum atomic E-state index is -4.96. The lowest BCUT2D eigenvalue weighted by atomic mass is 10.4. The van der Waals surface area contributed by atoms with Crippen molar-refractivity contribution in [1.82, 2.24) is 9.97 Å². The second kappa shape index (κ2) is 4.84. The van der Waals surface area contributed by atoms with Crippen molar-refractivity contribution in [3.05, 3.63) is 10.1 Å². The highest BCUT2D eigenvalue weighted by Crippen LogP contribution is 2.39. The van der Waals surface area contributed by atoms with Gasteiger partial charge in [0.25, 0.3) is 0 Å². The van der Waals surface area contributed by atoms with Crippen LogP contribution in [0, 0.1) is 10.1 Å². The Kier molecular flexibility index (Phi) is 3.85. The van der Waals surface area contributed by atoms with Gasteiger partial charge in [0.2, 0.25) is 11.4 Å². The monoisotopic (exact) mass is 278 g/mol. The molecule has 0 unspecified atom stereocenters. The molecular weight excluding hydrogens is 267 g/mol. The quantitative estimate of drug-likeness (QED) is 0.376. The Balaban J connectivity index is 3.56. The van der Waals surface area contributed by atoms with Crippen LogP contribution in [0.15, 0.2) is 0 Å². The number of aromatic nitrogens is 2. The van der Waals surface area contributed by atoms with Gasteiger partial charge in [0.15, 0.2) is 0 Å². The van der Waals surface area contributed by atoms with Gasteiger partial charge in [-0.05, 0) is 13.8 Å². The molecule has 1 heterocycles. The fraction of sp³-hybridized carbons (Fsp3) is 0.429. The normalized spacial score (nSPS) is 11.6. The molecule has 0 aromatic carbocycles. The zero-order valence-electron chi connectivity index (χ0n) is 9.47. The SMILES string of the molecule is CC(C)Oc1nc(N)nc(P(=O)(O)O)c1[N+](=O)[O-]. The van der Waals surface area contributed by atoms with Gasteiger partial charge in [0, 0.05) is 0 Å². The van der Waals surface area contributed by atoms with Gasteiger partial charge in [0.05, 0.1) is 11.0 Å². The van der Waals surface area contributed by atoms with E-state index >= 15 is 0 Å². The van der Waals surface area contributed by atoms with Crippen molar-refractivity contribution in [2.24, 2.45) is 0 Å². The molecule has 1 aromatic rings. The largest absolute Gasteiger partial charge is 0.470 e. The van der Waals surface area contributed by atoms with E-state index in [-0.39, 0.29) is 0 Å². The van der Waals surface area contributed by atoms with Crippen LogP contribution in [0.5, 0.6) is 5.88 Å². The molecule has 0 bridgehead atoms. The van der Waals surface area contributed by atoms with Crippen molar-refractivity contribution in [2.45, 2.75) is 20.0 Å². The Labute approximate surface area is 101 Å². The highest BCUT2D eigenvalue weighted by molar-refractivity contribution is 7.60. The van der Waals surface area contributed by atoms with Gasteiger partial charge in [-0.2, -0.15) is 9.97 Å². The molecule has 4 N–H and O–H groups in total. The number of nitrogens with two attached hydrogens (primary N) is 1. The Hall–Kier alpha value is -1.77. The Morgan fingerprint density at radius 2 is 2.00 bits per heavy atom. The van der Waals surface area contributed by atoms with Crippen molar-refractivity contribution in [3.8, 4) is 5.88 Å². The molecule has 0 saturated heterocycles. The number of nitrogens with zero attached hydrogens (tertiary/aromatic N) is 3. The van der Waals surface area contributed by atoms with Crippen LogP contribution in [0.25, 0.3) is 0 Å². The Bertz CT molecular complexity index is 527. The Morgan fingerprint density at radius 1 is 1.44 bits per heavy atom. The number of hydrogen-bond donors (Lipinski definition) is 3. The molecule has 0 saturated carbocycles. The minimum Gasteiger partial charge on any atom is -0.470 e. The predicted molar refractivity (Wildman–Crippen MR) is 60.5 cm³/mol. The highest BCUT2D eigenvalue weighted by Gasteiger charge is 2.36. The maximum absolute atomic E-state index is 11.1. The first-order chi connectivity index (χ1) is 8.12. The molecule has 0 radical (unpaired) electrons. The van der Waals surface area contributed by atoms with E-state index in [2.05, 4.69) is 9.97 Å². The summed E-state index contributed by atoms with van der Waals surface area (Å²) in [6.07, 6.45) is -0.484.